The third kappa shape index (κ3) is 4.97. The summed E-state index contributed by atoms with van der Waals surface area (Å²) in [5, 5.41) is 3.31. The average Bonchev–Trinajstić information content (AvgIpc) is 2.41. The van der Waals surface area contributed by atoms with Crippen LogP contribution in [0, 0.1) is 5.82 Å². The number of ether oxygens (including phenoxy) is 1. The molecule has 1 atom stereocenters. The fraction of sp³-hybridized carbons (Fsp3) is 0.571. The quantitative estimate of drug-likeness (QED) is 0.900. The van der Waals surface area contributed by atoms with Gasteiger partial charge in [0.1, 0.15) is 6.61 Å². The molecular weight excluding hydrogens is 267 g/mol. The maximum absolute atomic E-state index is 13.3. The summed E-state index contributed by atoms with van der Waals surface area (Å²) in [4.78, 5) is 2.37. The molecule has 1 aliphatic rings. The largest absolute Gasteiger partial charge is 0.489 e. The molecule has 1 fully saturated rings. The Kier molecular flexibility index (Phi) is 7.13. The van der Waals surface area contributed by atoms with E-state index in [-0.39, 0.29) is 18.2 Å². The number of nitrogens with zero attached hydrogens (tertiary/aromatic N) is 1. The minimum absolute atomic E-state index is 0. The van der Waals surface area contributed by atoms with Gasteiger partial charge in [-0.25, -0.2) is 4.39 Å². The van der Waals surface area contributed by atoms with Gasteiger partial charge in [0.15, 0.2) is 11.6 Å². The van der Waals surface area contributed by atoms with Crippen LogP contribution in [0.25, 0.3) is 0 Å². The van der Waals surface area contributed by atoms with E-state index in [1.807, 2.05) is 7.05 Å². The topological polar surface area (TPSA) is 24.5 Å². The Morgan fingerprint density at radius 2 is 2.21 bits per heavy atom. The molecule has 1 aromatic rings. The summed E-state index contributed by atoms with van der Waals surface area (Å²) in [5.41, 5.74) is 0. The lowest BCUT2D eigenvalue weighted by molar-refractivity contribution is 0.160. The van der Waals surface area contributed by atoms with Crippen molar-refractivity contribution in [3.8, 4) is 5.75 Å². The van der Waals surface area contributed by atoms with Crippen LogP contribution in [-0.4, -0.2) is 44.2 Å². The first kappa shape index (κ1) is 16.2. The third-order valence-corrected chi connectivity index (χ3v) is 3.42. The standard InChI is InChI=1S/C14H21FN2O.ClH/c1-16-12-5-4-8-17(11-12)9-10-18-14-7-3-2-6-13(14)15;/h2-3,6-7,12,16H,4-5,8-11H2,1H3;1H. The molecule has 2 rings (SSSR count). The van der Waals surface area contributed by atoms with Crippen molar-refractivity contribution in [1.29, 1.82) is 0 Å². The fourth-order valence-corrected chi connectivity index (χ4v) is 2.34. The van der Waals surface area contributed by atoms with Crippen molar-refractivity contribution in [2.45, 2.75) is 18.9 Å². The zero-order chi connectivity index (χ0) is 12.8. The summed E-state index contributed by atoms with van der Waals surface area (Å²) in [6.07, 6.45) is 2.45. The number of hydrogen-bond acceptors (Lipinski definition) is 3. The van der Waals surface area contributed by atoms with E-state index in [1.165, 1.54) is 18.9 Å². The van der Waals surface area contributed by atoms with E-state index in [2.05, 4.69) is 10.2 Å². The highest BCUT2D eigenvalue weighted by molar-refractivity contribution is 5.85. The van der Waals surface area contributed by atoms with Crippen LogP contribution < -0.4 is 10.1 Å². The first-order chi connectivity index (χ1) is 8.79. The van der Waals surface area contributed by atoms with E-state index in [4.69, 9.17) is 4.74 Å². The van der Waals surface area contributed by atoms with Gasteiger partial charge >= 0.3 is 0 Å². The van der Waals surface area contributed by atoms with E-state index >= 15 is 0 Å². The third-order valence-electron chi connectivity index (χ3n) is 3.42. The van der Waals surface area contributed by atoms with Crippen molar-refractivity contribution >= 4 is 12.4 Å². The van der Waals surface area contributed by atoms with E-state index < -0.39 is 0 Å². The minimum atomic E-state index is -0.288. The van der Waals surface area contributed by atoms with Crippen molar-refractivity contribution in [2.75, 3.05) is 33.3 Å². The minimum Gasteiger partial charge on any atom is -0.489 e. The molecule has 0 saturated carbocycles. The fourth-order valence-electron chi connectivity index (χ4n) is 2.34. The molecule has 0 aliphatic carbocycles. The number of piperidine rings is 1. The van der Waals surface area contributed by atoms with Gasteiger partial charge in [-0.2, -0.15) is 0 Å². The predicted octanol–water partition coefficient (Wildman–Crippen LogP) is 2.31. The van der Waals surface area contributed by atoms with E-state index in [9.17, 15) is 4.39 Å². The van der Waals surface area contributed by atoms with Crippen LogP contribution in [0.5, 0.6) is 5.75 Å². The van der Waals surface area contributed by atoms with Gasteiger partial charge < -0.3 is 10.1 Å². The molecule has 1 N–H and O–H groups in total. The highest BCUT2D eigenvalue weighted by Crippen LogP contribution is 2.15. The number of rotatable bonds is 5. The molecular formula is C14H22ClFN2O. The van der Waals surface area contributed by atoms with Gasteiger partial charge in [-0.15, -0.1) is 12.4 Å². The summed E-state index contributed by atoms with van der Waals surface area (Å²) in [5.74, 6) is 0.0592. The lowest BCUT2D eigenvalue weighted by Crippen LogP contribution is -2.45. The summed E-state index contributed by atoms with van der Waals surface area (Å²) >= 11 is 0. The molecule has 1 aromatic carbocycles. The maximum Gasteiger partial charge on any atom is 0.165 e. The Hall–Kier alpha value is -0.840. The SMILES string of the molecule is CNC1CCCN(CCOc2ccccc2F)C1.Cl. The summed E-state index contributed by atoms with van der Waals surface area (Å²) in [7, 11) is 2.00. The Labute approximate surface area is 120 Å². The highest BCUT2D eigenvalue weighted by atomic mass is 35.5. The smallest absolute Gasteiger partial charge is 0.165 e. The summed E-state index contributed by atoms with van der Waals surface area (Å²) in [6.45, 7) is 3.56. The number of para-hydroxylation sites is 1. The van der Waals surface area contributed by atoms with Crippen LogP contribution in [0.1, 0.15) is 12.8 Å². The predicted molar refractivity (Wildman–Crippen MR) is 77.7 cm³/mol. The second-order valence-corrected chi connectivity index (χ2v) is 4.71. The van der Waals surface area contributed by atoms with Gasteiger partial charge in [0, 0.05) is 19.1 Å². The zero-order valence-electron chi connectivity index (χ0n) is 11.3. The van der Waals surface area contributed by atoms with Crippen molar-refractivity contribution < 1.29 is 9.13 Å². The van der Waals surface area contributed by atoms with Crippen LogP contribution in [0.15, 0.2) is 24.3 Å². The lowest BCUT2D eigenvalue weighted by atomic mass is 10.1. The highest BCUT2D eigenvalue weighted by Gasteiger charge is 2.17. The average molecular weight is 289 g/mol. The molecule has 5 heteroatoms. The van der Waals surface area contributed by atoms with Crippen molar-refractivity contribution in [3.05, 3.63) is 30.1 Å². The number of nitrogens with one attached hydrogen (secondary N) is 1. The van der Waals surface area contributed by atoms with Gasteiger partial charge in [0.2, 0.25) is 0 Å². The molecule has 108 valence electrons. The second-order valence-electron chi connectivity index (χ2n) is 4.71. The van der Waals surface area contributed by atoms with Crippen LogP contribution in [0.2, 0.25) is 0 Å². The van der Waals surface area contributed by atoms with Crippen LogP contribution in [0.4, 0.5) is 4.39 Å². The molecule has 0 spiro atoms. The van der Waals surface area contributed by atoms with E-state index in [1.54, 1.807) is 18.2 Å². The summed E-state index contributed by atoms with van der Waals surface area (Å²) < 4.78 is 18.8. The summed E-state index contributed by atoms with van der Waals surface area (Å²) in [6, 6.07) is 7.13. The first-order valence-electron chi connectivity index (χ1n) is 6.56. The van der Waals surface area contributed by atoms with E-state index in [0.717, 1.165) is 19.6 Å². The Bertz CT molecular complexity index is 378. The number of halogens is 2. The second kappa shape index (κ2) is 8.35. The number of likely N-dealkylation sites (tertiary alicyclic amines) is 1. The molecule has 3 nitrogen and oxygen atoms in total. The molecule has 1 unspecified atom stereocenters. The van der Waals surface area contributed by atoms with Crippen molar-refractivity contribution in [1.82, 2.24) is 10.2 Å². The van der Waals surface area contributed by atoms with Gasteiger partial charge in [-0.1, -0.05) is 12.1 Å². The molecule has 1 saturated heterocycles. The normalized spacial score (nSPS) is 19.8. The van der Waals surface area contributed by atoms with Gasteiger partial charge in [-0.05, 0) is 38.6 Å². The molecule has 0 amide bonds. The van der Waals surface area contributed by atoms with Gasteiger partial charge in [0.25, 0.3) is 0 Å². The van der Waals surface area contributed by atoms with Crippen LogP contribution in [0.3, 0.4) is 0 Å². The number of hydrogen-bond donors (Lipinski definition) is 1. The van der Waals surface area contributed by atoms with Crippen molar-refractivity contribution in [2.24, 2.45) is 0 Å². The van der Waals surface area contributed by atoms with E-state index in [0.29, 0.717) is 18.4 Å². The molecule has 0 bridgehead atoms. The number of likely N-dealkylation sites (N-methyl/N-ethyl adjacent to an activating group) is 1. The number of benzene rings is 1. The Morgan fingerprint density at radius 3 is 2.95 bits per heavy atom. The Balaban J connectivity index is 0.00000180. The first-order valence-corrected chi connectivity index (χ1v) is 6.56. The molecule has 0 aromatic heterocycles. The van der Waals surface area contributed by atoms with Crippen molar-refractivity contribution in [3.63, 3.8) is 0 Å². The lowest BCUT2D eigenvalue weighted by Gasteiger charge is -2.32. The molecule has 19 heavy (non-hydrogen) atoms. The zero-order valence-corrected chi connectivity index (χ0v) is 12.1. The molecule has 1 heterocycles. The van der Waals surface area contributed by atoms with Crippen LogP contribution in [-0.2, 0) is 0 Å². The Morgan fingerprint density at radius 1 is 1.42 bits per heavy atom. The van der Waals surface area contributed by atoms with Crippen LogP contribution >= 0.6 is 12.4 Å². The monoisotopic (exact) mass is 288 g/mol. The maximum atomic E-state index is 13.3. The van der Waals surface area contributed by atoms with Gasteiger partial charge in [-0.3, -0.25) is 4.90 Å². The molecule has 0 radical (unpaired) electrons. The molecule has 1 aliphatic heterocycles. The van der Waals surface area contributed by atoms with Gasteiger partial charge in [0.05, 0.1) is 0 Å².